The van der Waals surface area contributed by atoms with Gasteiger partial charge in [0.1, 0.15) is 0 Å². The summed E-state index contributed by atoms with van der Waals surface area (Å²) in [5, 5.41) is 2.50. The number of hydrogen-bond acceptors (Lipinski definition) is 1. The molecule has 0 amide bonds. The molecular formula is C59H49N. The van der Waals surface area contributed by atoms with Crippen molar-refractivity contribution < 1.29 is 0 Å². The van der Waals surface area contributed by atoms with Crippen LogP contribution in [0.5, 0.6) is 0 Å². The molecule has 8 aromatic rings. The van der Waals surface area contributed by atoms with Crippen LogP contribution >= 0.6 is 0 Å². The average molecular weight is 772 g/mol. The monoisotopic (exact) mass is 771 g/mol. The number of allylic oxidation sites excluding steroid dienone is 2. The molecular weight excluding hydrogens is 723 g/mol. The summed E-state index contributed by atoms with van der Waals surface area (Å²) in [7, 11) is 0. The van der Waals surface area contributed by atoms with Crippen molar-refractivity contribution in [2.24, 2.45) is 0 Å². The number of rotatable bonds is 6. The second kappa shape index (κ2) is 13.2. The van der Waals surface area contributed by atoms with Gasteiger partial charge in [0.25, 0.3) is 0 Å². The molecule has 60 heavy (non-hydrogen) atoms. The van der Waals surface area contributed by atoms with Crippen molar-refractivity contribution in [2.75, 3.05) is 4.90 Å². The SMILES string of the molecule is CC1(C)C2=C(c3ccccc31)C(C)(C)c1cc(-c3ccc4cc(/C=C/c5ccc(N(c6ccccc6)c6ccc7c(c6)C(C)(C)c6ccccc6-7)cc5)ccc4c3)ccc12. The largest absolute Gasteiger partial charge is 0.310 e. The second-order valence-electron chi connectivity index (χ2n) is 18.6. The molecule has 0 heterocycles. The first kappa shape index (κ1) is 36.4. The Labute approximate surface area is 355 Å². The van der Waals surface area contributed by atoms with Gasteiger partial charge in [0.15, 0.2) is 0 Å². The Morgan fingerprint density at radius 3 is 1.58 bits per heavy atom. The highest BCUT2D eigenvalue weighted by atomic mass is 15.1. The van der Waals surface area contributed by atoms with Crippen LogP contribution in [-0.4, -0.2) is 0 Å². The van der Waals surface area contributed by atoms with E-state index >= 15 is 0 Å². The minimum Gasteiger partial charge on any atom is -0.310 e. The third-order valence-electron chi connectivity index (χ3n) is 14.0. The van der Waals surface area contributed by atoms with Crippen molar-refractivity contribution in [3.8, 4) is 22.3 Å². The molecule has 3 aliphatic rings. The predicted molar refractivity (Wildman–Crippen MR) is 256 cm³/mol. The molecule has 0 saturated heterocycles. The molecule has 1 heteroatoms. The summed E-state index contributed by atoms with van der Waals surface area (Å²) < 4.78 is 0. The minimum atomic E-state index is -0.0619. The molecule has 0 radical (unpaired) electrons. The maximum absolute atomic E-state index is 2.46. The molecule has 3 aliphatic carbocycles. The molecule has 0 aromatic heterocycles. The highest BCUT2D eigenvalue weighted by Crippen LogP contribution is 2.62. The molecule has 11 rings (SSSR count). The first-order valence-corrected chi connectivity index (χ1v) is 21.4. The third kappa shape index (κ3) is 5.45. The number of anilines is 3. The Bertz CT molecular complexity index is 3100. The lowest BCUT2D eigenvalue weighted by Gasteiger charge is -2.28. The van der Waals surface area contributed by atoms with E-state index in [-0.39, 0.29) is 16.2 Å². The summed E-state index contributed by atoms with van der Waals surface area (Å²) in [5.41, 5.74) is 22.4. The molecule has 0 aliphatic heterocycles. The molecule has 0 saturated carbocycles. The molecule has 290 valence electrons. The van der Waals surface area contributed by atoms with Gasteiger partial charge in [-0.3, -0.25) is 0 Å². The number of benzene rings is 8. The van der Waals surface area contributed by atoms with Crippen LogP contribution in [0.4, 0.5) is 17.1 Å². The predicted octanol–water partition coefficient (Wildman–Crippen LogP) is 15.9. The molecule has 0 bridgehead atoms. The molecule has 0 unspecified atom stereocenters. The number of fused-ring (bicyclic) bond motifs is 8. The van der Waals surface area contributed by atoms with Crippen LogP contribution in [0.1, 0.15) is 86.1 Å². The number of nitrogens with zero attached hydrogens (tertiary/aromatic N) is 1. The van der Waals surface area contributed by atoms with Crippen molar-refractivity contribution in [3.63, 3.8) is 0 Å². The van der Waals surface area contributed by atoms with E-state index < -0.39 is 0 Å². The third-order valence-corrected chi connectivity index (χ3v) is 14.0. The fourth-order valence-corrected chi connectivity index (χ4v) is 10.9. The number of para-hydroxylation sites is 1. The maximum atomic E-state index is 2.46. The Hall–Kier alpha value is -6.70. The Balaban J connectivity index is 0.849. The van der Waals surface area contributed by atoms with E-state index in [0.29, 0.717) is 0 Å². The van der Waals surface area contributed by atoms with Crippen LogP contribution in [0, 0.1) is 0 Å². The smallest absolute Gasteiger partial charge is 0.0465 e. The van der Waals surface area contributed by atoms with Crippen molar-refractivity contribution in [1.82, 2.24) is 0 Å². The Kier molecular flexibility index (Phi) is 7.98. The fourth-order valence-electron chi connectivity index (χ4n) is 10.9. The average Bonchev–Trinajstić information content (AvgIpc) is 3.77. The summed E-state index contributed by atoms with van der Waals surface area (Å²) in [5.74, 6) is 0. The first-order chi connectivity index (χ1) is 29.0. The molecule has 1 nitrogen and oxygen atoms in total. The van der Waals surface area contributed by atoms with Crippen LogP contribution in [0.3, 0.4) is 0 Å². The van der Waals surface area contributed by atoms with Crippen molar-refractivity contribution >= 4 is 51.1 Å². The van der Waals surface area contributed by atoms with Crippen molar-refractivity contribution in [3.05, 3.63) is 220 Å². The quantitative estimate of drug-likeness (QED) is 0.152. The van der Waals surface area contributed by atoms with E-state index in [1.165, 1.54) is 94.4 Å². The first-order valence-electron chi connectivity index (χ1n) is 21.4. The zero-order valence-corrected chi connectivity index (χ0v) is 35.3. The van der Waals surface area contributed by atoms with Crippen molar-refractivity contribution in [1.29, 1.82) is 0 Å². The van der Waals surface area contributed by atoms with Gasteiger partial charge in [-0.1, -0.05) is 175 Å². The van der Waals surface area contributed by atoms with E-state index in [1.54, 1.807) is 0 Å². The van der Waals surface area contributed by atoms with E-state index in [9.17, 15) is 0 Å². The van der Waals surface area contributed by atoms with E-state index in [0.717, 1.165) is 11.4 Å². The van der Waals surface area contributed by atoms with Crippen LogP contribution in [-0.2, 0) is 16.2 Å². The Morgan fingerprint density at radius 2 is 0.817 bits per heavy atom. The second-order valence-corrected chi connectivity index (χ2v) is 18.6. The van der Waals surface area contributed by atoms with Crippen molar-refractivity contribution in [2.45, 2.75) is 57.8 Å². The minimum absolute atomic E-state index is 0.00690. The van der Waals surface area contributed by atoms with Gasteiger partial charge >= 0.3 is 0 Å². The molecule has 0 spiro atoms. The Morgan fingerprint density at radius 1 is 0.333 bits per heavy atom. The van der Waals surface area contributed by atoms with E-state index in [2.05, 4.69) is 235 Å². The lowest BCUT2D eigenvalue weighted by molar-refractivity contribution is 0.660. The van der Waals surface area contributed by atoms with Crippen LogP contribution in [0.15, 0.2) is 176 Å². The fraction of sp³-hybridized carbons (Fsp3) is 0.153. The number of hydrogen-bond donors (Lipinski definition) is 0. The highest BCUT2D eigenvalue weighted by Gasteiger charge is 2.49. The normalized spacial score (nSPS) is 16.1. The molecule has 8 aromatic carbocycles. The van der Waals surface area contributed by atoms with Gasteiger partial charge in [-0.25, -0.2) is 0 Å². The summed E-state index contributed by atoms with van der Waals surface area (Å²) in [6, 6.07) is 65.4. The zero-order valence-electron chi connectivity index (χ0n) is 35.3. The summed E-state index contributed by atoms with van der Waals surface area (Å²) in [6.07, 6.45) is 4.45. The van der Waals surface area contributed by atoms with E-state index in [1.807, 2.05) is 0 Å². The topological polar surface area (TPSA) is 3.24 Å². The van der Waals surface area contributed by atoms with Gasteiger partial charge in [0.05, 0.1) is 0 Å². The van der Waals surface area contributed by atoms with Gasteiger partial charge in [-0.15, -0.1) is 0 Å². The van der Waals surface area contributed by atoms with Gasteiger partial charge in [0.2, 0.25) is 0 Å². The zero-order chi connectivity index (χ0) is 41.0. The van der Waals surface area contributed by atoms with Gasteiger partial charge in [-0.05, 0) is 143 Å². The summed E-state index contributed by atoms with van der Waals surface area (Å²) >= 11 is 0. The standard InChI is InChI=1S/C59H49N/c1-57(2)51-18-12-10-16-47(51)48-33-31-46(37-54(48)57)60(44-14-8-7-9-15-44)45-29-23-38(24-30-45)20-21-39-22-25-41-35-42(27-26-40(41)34-39)43-28-32-50-53(36-43)59(5,6)55-49-17-11-13-19-52(49)58(3,4)56(50)55/h7-37H,1-6H3/b21-20+. The lowest BCUT2D eigenvalue weighted by atomic mass is 9.75. The molecule has 0 atom stereocenters. The molecule has 0 fully saturated rings. The van der Waals surface area contributed by atoms with Crippen LogP contribution < -0.4 is 4.90 Å². The molecule has 0 N–H and O–H groups in total. The van der Waals surface area contributed by atoms with Gasteiger partial charge in [-0.2, -0.15) is 0 Å². The van der Waals surface area contributed by atoms with Crippen LogP contribution in [0.25, 0.3) is 56.3 Å². The summed E-state index contributed by atoms with van der Waals surface area (Å²) in [4.78, 5) is 2.37. The summed E-state index contributed by atoms with van der Waals surface area (Å²) in [6.45, 7) is 14.3. The van der Waals surface area contributed by atoms with Crippen LogP contribution in [0.2, 0.25) is 0 Å². The van der Waals surface area contributed by atoms with E-state index in [4.69, 9.17) is 0 Å². The van der Waals surface area contributed by atoms with Gasteiger partial charge < -0.3 is 4.90 Å². The maximum Gasteiger partial charge on any atom is 0.0465 e. The highest BCUT2D eigenvalue weighted by molar-refractivity contribution is 6.09. The lowest BCUT2D eigenvalue weighted by Crippen LogP contribution is -2.19. The van der Waals surface area contributed by atoms with Gasteiger partial charge in [0, 0.05) is 33.3 Å².